The van der Waals surface area contributed by atoms with Crippen molar-refractivity contribution < 1.29 is 14.6 Å². The van der Waals surface area contributed by atoms with Gasteiger partial charge in [0.15, 0.2) is 0 Å². The van der Waals surface area contributed by atoms with Crippen molar-refractivity contribution >= 4 is 0 Å². The van der Waals surface area contributed by atoms with Crippen LogP contribution in [0.15, 0.2) is 0 Å². The molecule has 2 aliphatic heterocycles. The van der Waals surface area contributed by atoms with Crippen LogP contribution >= 0.6 is 0 Å². The van der Waals surface area contributed by atoms with Crippen LogP contribution in [0.2, 0.25) is 0 Å². The second-order valence-electron chi connectivity index (χ2n) is 5.53. The lowest BCUT2D eigenvalue weighted by Gasteiger charge is -2.32. The number of rotatable bonds is 7. The zero-order valence-corrected chi connectivity index (χ0v) is 11.9. The first-order valence-corrected chi connectivity index (χ1v) is 7.59. The molecule has 2 fully saturated rings. The lowest BCUT2D eigenvalue weighted by Crippen LogP contribution is -2.43. The van der Waals surface area contributed by atoms with Crippen molar-refractivity contribution in [2.45, 2.75) is 12.8 Å². The molecule has 5 nitrogen and oxygen atoms in total. The molecule has 2 saturated heterocycles. The van der Waals surface area contributed by atoms with Crippen molar-refractivity contribution in [3.8, 4) is 0 Å². The summed E-state index contributed by atoms with van der Waals surface area (Å²) >= 11 is 0. The summed E-state index contributed by atoms with van der Waals surface area (Å²) in [6.07, 6.45) is 2.33. The first-order chi connectivity index (χ1) is 9.38. The predicted molar refractivity (Wildman–Crippen MR) is 74.3 cm³/mol. The van der Waals surface area contributed by atoms with Crippen molar-refractivity contribution in [3.63, 3.8) is 0 Å². The third kappa shape index (κ3) is 5.75. The monoisotopic (exact) mass is 272 g/mol. The molecule has 0 bridgehead atoms. The molecule has 112 valence electrons. The number of aliphatic hydroxyl groups excluding tert-OH is 1. The molecule has 2 heterocycles. The molecule has 0 aromatic heterocycles. The van der Waals surface area contributed by atoms with Gasteiger partial charge in [0.25, 0.3) is 0 Å². The van der Waals surface area contributed by atoms with Gasteiger partial charge in [-0.05, 0) is 18.8 Å². The van der Waals surface area contributed by atoms with Gasteiger partial charge in [-0.25, -0.2) is 0 Å². The summed E-state index contributed by atoms with van der Waals surface area (Å²) in [7, 11) is 0. The zero-order valence-electron chi connectivity index (χ0n) is 11.9. The highest BCUT2D eigenvalue weighted by molar-refractivity contribution is 4.71. The molecule has 5 heteroatoms. The van der Waals surface area contributed by atoms with Crippen molar-refractivity contribution in [2.75, 3.05) is 72.3 Å². The zero-order chi connectivity index (χ0) is 13.3. The van der Waals surface area contributed by atoms with E-state index in [2.05, 4.69) is 9.80 Å². The van der Waals surface area contributed by atoms with Gasteiger partial charge in [0, 0.05) is 52.5 Å². The predicted octanol–water partition coefficient (Wildman–Crippen LogP) is 0.0395. The maximum Gasteiger partial charge on any atom is 0.0594 e. The number of morpholine rings is 1. The van der Waals surface area contributed by atoms with E-state index >= 15 is 0 Å². The van der Waals surface area contributed by atoms with Gasteiger partial charge in [-0.1, -0.05) is 0 Å². The van der Waals surface area contributed by atoms with Crippen LogP contribution in [0, 0.1) is 5.92 Å². The summed E-state index contributed by atoms with van der Waals surface area (Å²) in [4.78, 5) is 4.86. The Morgan fingerprint density at radius 3 is 2.37 bits per heavy atom. The summed E-state index contributed by atoms with van der Waals surface area (Å²) in [6.45, 7) is 9.92. The lowest BCUT2D eigenvalue weighted by molar-refractivity contribution is 0.0258. The fourth-order valence-corrected chi connectivity index (χ4v) is 2.84. The van der Waals surface area contributed by atoms with Crippen LogP contribution in [-0.2, 0) is 9.47 Å². The number of hydrogen-bond acceptors (Lipinski definition) is 5. The molecule has 0 aliphatic carbocycles. The van der Waals surface area contributed by atoms with Crippen LogP contribution in [0.5, 0.6) is 0 Å². The molecule has 0 saturated carbocycles. The van der Waals surface area contributed by atoms with E-state index in [1.54, 1.807) is 0 Å². The van der Waals surface area contributed by atoms with Gasteiger partial charge in [-0.2, -0.15) is 0 Å². The standard InChI is InChI=1S/C14H28N2O3/c17-8-5-16(13-14-1-9-18-10-2-14)4-3-15-6-11-19-12-7-15/h14,17H,1-13H2. The summed E-state index contributed by atoms with van der Waals surface area (Å²) < 4.78 is 10.8. The minimum atomic E-state index is 0.256. The van der Waals surface area contributed by atoms with Gasteiger partial charge >= 0.3 is 0 Å². The maximum absolute atomic E-state index is 9.20. The van der Waals surface area contributed by atoms with Gasteiger partial charge in [0.1, 0.15) is 0 Å². The van der Waals surface area contributed by atoms with Crippen LogP contribution in [0.3, 0.4) is 0 Å². The van der Waals surface area contributed by atoms with Gasteiger partial charge in [0.2, 0.25) is 0 Å². The molecular formula is C14H28N2O3. The third-order valence-corrected chi connectivity index (χ3v) is 4.11. The molecule has 0 aromatic rings. The van der Waals surface area contributed by atoms with E-state index in [9.17, 15) is 5.11 Å². The molecule has 0 aromatic carbocycles. The topological polar surface area (TPSA) is 45.2 Å². The van der Waals surface area contributed by atoms with Crippen LogP contribution in [0.1, 0.15) is 12.8 Å². The minimum absolute atomic E-state index is 0.256. The van der Waals surface area contributed by atoms with Gasteiger partial charge in [0.05, 0.1) is 19.8 Å². The molecule has 0 radical (unpaired) electrons. The van der Waals surface area contributed by atoms with Crippen LogP contribution in [-0.4, -0.2) is 87.2 Å². The first-order valence-electron chi connectivity index (χ1n) is 7.59. The number of hydrogen-bond donors (Lipinski definition) is 1. The molecule has 2 aliphatic rings. The molecular weight excluding hydrogens is 244 g/mol. The smallest absolute Gasteiger partial charge is 0.0594 e. The SMILES string of the molecule is OCCN(CCN1CCOCC1)CC1CCOCC1. The molecule has 2 rings (SSSR count). The summed E-state index contributed by atoms with van der Waals surface area (Å²) in [6, 6.07) is 0. The molecule has 1 N–H and O–H groups in total. The normalized spacial score (nSPS) is 23.1. The lowest BCUT2D eigenvalue weighted by atomic mass is 10.00. The van der Waals surface area contributed by atoms with E-state index in [-0.39, 0.29) is 6.61 Å². The Kier molecular flexibility index (Phi) is 7.09. The second kappa shape index (κ2) is 8.87. The van der Waals surface area contributed by atoms with E-state index in [0.717, 1.165) is 71.6 Å². The van der Waals surface area contributed by atoms with E-state index in [1.807, 2.05) is 0 Å². The van der Waals surface area contributed by atoms with Crippen molar-refractivity contribution in [1.29, 1.82) is 0 Å². The average molecular weight is 272 g/mol. The van der Waals surface area contributed by atoms with E-state index in [0.29, 0.717) is 0 Å². The van der Waals surface area contributed by atoms with Crippen molar-refractivity contribution in [2.24, 2.45) is 5.92 Å². The Balaban J connectivity index is 1.68. The van der Waals surface area contributed by atoms with Gasteiger partial charge in [-0.15, -0.1) is 0 Å². The fourth-order valence-electron chi connectivity index (χ4n) is 2.84. The Labute approximate surface area is 116 Å². The van der Waals surface area contributed by atoms with Gasteiger partial charge in [-0.3, -0.25) is 9.80 Å². The number of aliphatic hydroxyl groups is 1. The Hall–Kier alpha value is -0.200. The average Bonchev–Trinajstić information content (AvgIpc) is 2.47. The third-order valence-electron chi connectivity index (χ3n) is 4.11. The highest BCUT2D eigenvalue weighted by Gasteiger charge is 2.18. The summed E-state index contributed by atoms with van der Waals surface area (Å²) in [5.74, 6) is 0.741. The second-order valence-corrected chi connectivity index (χ2v) is 5.53. The van der Waals surface area contributed by atoms with Crippen molar-refractivity contribution in [1.82, 2.24) is 9.80 Å². The minimum Gasteiger partial charge on any atom is -0.395 e. The Morgan fingerprint density at radius 1 is 1.00 bits per heavy atom. The van der Waals surface area contributed by atoms with Gasteiger partial charge < -0.3 is 14.6 Å². The molecule has 0 amide bonds. The Morgan fingerprint density at radius 2 is 1.68 bits per heavy atom. The summed E-state index contributed by atoms with van der Waals surface area (Å²) in [5.41, 5.74) is 0. The number of ether oxygens (including phenoxy) is 2. The highest BCUT2D eigenvalue weighted by atomic mass is 16.5. The fraction of sp³-hybridized carbons (Fsp3) is 1.00. The van der Waals surface area contributed by atoms with Crippen molar-refractivity contribution in [3.05, 3.63) is 0 Å². The quantitative estimate of drug-likeness (QED) is 0.709. The molecule has 0 unspecified atom stereocenters. The molecule has 0 spiro atoms. The van der Waals surface area contributed by atoms with Crippen LogP contribution < -0.4 is 0 Å². The summed E-state index contributed by atoms with van der Waals surface area (Å²) in [5, 5.41) is 9.20. The van der Waals surface area contributed by atoms with Crippen LogP contribution in [0.4, 0.5) is 0 Å². The maximum atomic E-state index is 9.20. The van der Waals surface area contributed by atoms with E-state index < -0.39 is 0 Å². The molecule has 19 heavy (non-hydrogen) atoms. The van der Waals surface area contributed by atoms with E-state index in [4.69, 9.17) is 9.47 Å². The largest absolute Gasteiger partial charge is 0.395 e. The van der Waals surface area contributed by atoms with Crippen LogP contribution in [0.25, 0.3) is 0 Å². The number of nitrogens with zero attached hydrogens (tertiary/aromatic N) is 2. The first kappa shape index (κ1) is 15.2. The van der Waals surface area contributed by atoms with E-state index in [1.165, 1.54) is 12.8 Å². The Bertz CT molecular complexity index is 229. The molecule has 0 atom stereocenters. The highest BCUT2D eigenvalue weighted by Crippen LogP contribution is 2.16.